The zero-order valence-electron chi connectivity index (χ0n) is 10.4. The van der Waals surface area contributed by atoms with Crippen molar-refractivity contribution >= 4 is 17.2 Å². The predicted octanol–water partition coefficient (Wildman–Crippen LogP) is 0.759. The van der Waals surface area contributed by atoms with Crippen molar-refractivity contribution in [1.29, 1.82) is 0 Å². The molecule has 1 amide bonds. The summed E-state index contributed by atoms with van der Waals surface area (Å²) in [6.45, 7) is 4.66. The first-order chi connectivity index (χ1) is 8.04. The Morgan fingerprint density at radius 3 is 2.88 bits per heavy atom. The molecule has 0 aliphatic rings. The SMILES string of the molecule is COCC(C)NC(=O)CCn1c(C)csc1=O. The minimum atomic E-state index is -0.0629. The van der Waals surface area contributed by atoms with Crippen molar-refractivity contribution in [1.82, 2.24) is 9.88 Å². The van der Waals surface area contributed by atoms with Crippen LogP contribution in [0.4, 0.5) is 0 Å². The van der Waals surface area contributed by atoms with E-state index in [0.29, 0.717) is 19.6 Å². The number of rotatable bonds is 6. The number of carbonyl (C=O) groups excluding carboxylic acids is 1. The van der Waals surface area contributed by atoms with Crippen molar-refractivity contribution in [2.45, 2.75) is 32.9 Å². The fourth-order valence-corrected chi connectivity index (χ4v) is 2.29. The number of ether oxygens (including phenoxy) is 1. The van der Waals surface area contributed by atoms with Crippen molar-refractivity contribution in [3.8, 4) is 0 Å². The first kappa shape index (κ1) is 13.9. The summed E-state index contributed by atoms with van der Waals surface area (Å²) in [6, 6.07) is -0.00667. The number of aryl methyl sites for hydroxylation is 1. The Kier molecular flexibility index (Phi) is 5.37. The second-order valence-corrected chi connectivity index (χ2v) is 4.79. The quantitative estimate of drug-likeness (QED) is 0.819. The molecule has 0 saturated carbocycles. The summed E-state index contributed by atoms with van der Waals surface area (Å²) in [5.41, 5.74) is 0.901. The van der Waals surface area contributed by atoms with E-state index in [1.54, 1.807) is 17.1 Å². The molecule has 0 aliphatic heterocycles. The molecule has 0 aliphatic carbocycles. The van der Waals surface area contributed by atoms with Gasteiger partial charge >= 0.3 is 4.87 Å². The number of amides is 1. The standard InChI is InChI=1S/C11H18N2O3S/c1-8(6-16-3)12-10(14)4-5-13-9(2)7-17-11(13)15/h7-8H,4-6H2,1-3H3,(H,12,14). The number of thiazole rings is 1. The van der Waals surface area contributed by atoms with E-state index >= 15 is 0 Å². The summed E-state index contributed by atoms with van der Waals surface area (Å²) in [7, 11) is 1.59. The molecule has 96 valence electrons. The van der Waals surface area contributed by atoms with E-state index in [1.807, 2.05) is 13.8 Å². The molecular weight excluding hydrogens is 240 g/mol. The molecule has 0 aromatic carbocycles. The third-order valence-corrected chi connectivity index (χ3v) is 3.24. The minimum Gasteiger partial charge on any atom is -0.383 e. The molecule has 1 rings (SSSR count). The van der Waals surface area contributed by atoms with Gasteiger partial charge in [0.25, 0.3) is 0 Å². The van der Waals surface area contributed by atoms with E-state index in [9.17, 15) is 9.59 Å². The van der Waals surface area contributed by atoms with Gasteiger partial charge in [0.05, 0.1) is 6.61 Å². The number of nitrogens with zero attached hydrogens (tertiary/aromatic N) is 1. The van der Waals surface area contributed by atoms with E-state index in [0.717, 1.165) is 17.0 Å². The summed E-state index contributed by atoms with van der Waals surface area (Å²) in [6.07, 6.45) is 0.311. The van der Waals surface area contributed by atoms with Gasteiger partial charge in [-0.05, 0) is 13.8 Å². The molecule has 1 aromatic heterocycles. The Morgan fingerprint density at radius 2 is 2.35 bits per heavy atom. The third kappa shape index (κ3) is 4.32. The van der Waals surface area contributed by atoms with Gasteiger partial charge in [-0.15, -0.1) is 0 Å². The zero-order chi connectivity index (χ0) is 12.8. The van der Waals surface area contributed by atoms with Gasteiger partial charge in [-0.1, -0.05) is 11.3 Å². The molecule has 0 radical (unpaired) electrons. The molecule has 1 heterocycles. The maximum atomic E-state index is 11.6. The molecule has 0 saturated heterocycles. The van der Waals surface area contributed by atoms with Gasteiger partial charge < -0.3 is 14.6 Å². The van der Waals surface area contributed by atoms with Crippen LogP contribution in [0.2, 0.25) is 0 Å². The number of nitrogens with one attached hydrogen (secondary N) is 1. The molecule has 1 N–H and O–H groups in total. The Morgan fingerprint density at radius 1 is 1.65 bits per heavy atom. The van der Waals surface area contributed by atoms with Gasteiger partial charge in [-0.3, -0.25) is 9.59 Å². The van der Waals surface area contributed by atoms with Crippen molar-refractivity contribution < 1.29 is 9.53 Å². The molecule has 1 atom stereocenters. The normalized spacial score (nSPS) is 12.4. The van der Waals surface area contributed by atoms with Crippen molar-refractivity contribution in [3.63, 3.8) is 0 Å². The molecule has 0 fully saturated rings. The number of carbonyl (C=O) groups is 1. The van der Waals surface area contributed by atoms with Crippen molar-refractivity contribution in [3.05, 3.63) is 20.7 Å². The lowest BCUT2D eigenvalue weighted by Gasteiger charge is -2.12. The highest BCUT2D eigenvalue weighted by Crippen LogP contribution is 2.00. The van der Waals surface area contributed by atoms with Crippen LogP contribution < -0.4 is 10.2 Å². The van der Waals surface area contributed by atoms with Gasteiger partial charge in [0, 0.05) is 37.2 Å². The molecule has 5 nitrogen and oxygen atoms in total. The summed E-state index contributed by atoms with van der Waals surface area (Å²) in [5, 5.41) is 4.61. The summed E-state index contributed by atoms with van der Waals surface area (Å²) in [5.74, 6) is -0.0629. The average Bonchev–Trinajstić information content (AvgIpc) is 2.56. The van der Waals surface area contributed by atoms with E-state index in [2.05, 4.69) is 5.32 Å². The lowest BCUT2D eigenvalue weighted by atomic mass is 10.3. The van der Waals surface area contributed by atoms with E-state index in [-0.39, 0.29) is 16.8 Å². The van der Waals surface area contributed by atoms with Crippen LogP contribution in [0, 0.1) is 6.92 Å². The van der Waals surface area contributed by atoms with E-state index in [4.69, 9.17) is 4.74 Å². The number of aromatic nitrogens is 1. The summed E-state index contributed by atoms with van der Waals surface area (Å²) >= 11 is 1.16. The molecular formula is C11H18N2O3S. The Hall–Kier alpha value is -1.14. The lowest BCUT2D eigenvalue weighted by molar-refractivity contribution is -0.122. The Balaban J connectivity index is 2.41. The largest absolute Gasteiger partial charge is 0.383 e. The van der Waals surface area contributed by atoms with Gasteiger partial charge in [-0.2, -0.15) is 0 Å². The van der Waals surface area contributed by atoms with Crippen molar-refractivity contribution in [2.24, 2.45) is 0 Å². The van der Waals surface area contributed by atoms with Crippen LogP contribution >= 0.6 is 11.3 Å². The van der Waals surface area contributed by atoms with E-state index in [1.165, 1.54) is 0 Å². The molecule has 1 aromatic rings. The highest BCUT2D eigenvalue weighted by molar-refractivity contribution is 7.07. The van der Waals surface area contributed by atoms with Gasteiger partial charge in [0.1, 0.15) is 0 Å². The molecule has 17 heavy (non-hydrogen) atoms. The minimum absolute atomic E-state index is 0.00667. The van der Waals surface area contributed by atoms with Crippen LogP contribution in [0.15, 0.2) is 10.2 Å². The first-order valence-electron chi connectivity index (χ1n) is 5.47. The fourth-order valence-electron chi connectivity index (χ4n) is 1.53. The predicted molar refractivity (Wildman–Crippen MR) is 67.4 cm³/mol. The van der Waals surface area contributed by atoms with Crippen LogP contribution in [-0.4, -0.2) is 30.2 Å². The molecule has 0 bridgehead atoms. The second kappa shape index (κ2) is 6.56. The molecule has 1 unspecified atom stereocenters. The molecule has 6 heteroatoms. The van der Waals surface area contributed by atoms with E-state index < -0.39 is 0 Å². The number of methoxy groups -OCH3 is 1. The number of hydrogen-bond donors (Lipinski definition) is 1. The van der Waals surface area contributed by atoms with Crippen LogP contribution in [0.1, 0.15) is 19.0 Å². The lowest BCUT2D eigenvalue weighted by Crippen LogP contribution is -2.36. The maximum Gasteiger partial charge on any atom is 0.307 e. The van der Waals surface area contributed by atoms with Gasteiger partial charge in [0.2, 0.25) is 5.91 Å². The smallest absolute Gasteiger partial charge is 0.307 e. The topological polar surface area (TPSA) is 60.3 Å². The summed E-state index contributed by atoms with van der Waals surface area (Å²) in [4.78, 5) is 23.0. The first-order valence-corrected chi connectivity index (χ1v) is 6.35. The highest BCUT2D eigenvalue weighted by Gasteiger charge is 2.09. The highest BCUT2D eigenvalue weighted by atomic mass is 32.1. The van der Waals surface area contributed by atoms with Gasteiger partial charge in [-0.25, -0.2) is 0 Å². The Bertz CT molecular complexity index is 425. The Labute approximate surface area is 104 Å². The van der Waals surface area contributed by atoms with Crippen molar-refractivity contribution in [2.75, 3.05) is 13.7 Å². The van der Waals surface area contributed by atoms with Crippen LogP contribution in [0.25, 0.3) is 0 Å². The summed E-state index contributed by atoms with van der Waals surface area (Å²) < 4.78 is 6.54. The van der Waals surface area contributed by atoms with Crippen LogP contribution in [0.3, 0.4) is 0 Å². The zero-order valence-corrected chi connectivity index (χ0v) is 11.2. The fraction of sp³-hybridized carbons (Fsp3) is 0.636. The number of hydrogen-bond acceptors (Lipinski definition) is 4. The molecule has 0 spiro atoms. The average molecular weight is 258 g/mol. The van der Waals surface area contributed by atoms with Gasteiger partial charge in [0.15, 0.2) is 0 Å². The third-order valence-electron chi connectivity index (χ3n) is 2.36. The van der Waals surface area contributed by atoms with Crippen LogP contribution in [0.5, 0.6) is 0 Å². The second-order valence-electron chi connectivity index (χ2n) is 3.97. The maximum absolute atomic E-state index is 11.6. The van der Waals surface area contributed by atoms with Crippen LogP contribution in [-0.2, 0) is 16.1 Å². The monoisotopic (exact) mass is 258 g/mol.